The highest BCUT2D eigenvalue weighted by atomic mass is 19.1. The molecule has 6 nitrogen and oxygen atoms in total. The second-order valence-corrected chi connectivity index (χ2v) is 5.89. The number of rotatable bonds is 3. The summed E-state index contributed by atoms with van der Waals surface area (Å²) < 4.78 is 13.5. The molecule has 0 saturated carbocycles. The normalized spacial score (nSPS) is 20.8. The lowest BCUT2D eigenvalue weighted by molar-refractivity contribution is -0.387. The summed E-state index contributed by atoms with van der Waals surface area (Å²) in [5.41, 5.74) is -0.586. The highest BCUT2D eigenvalue weighted by molar-refractivity contribution is 5.95. The zero-order valence-electron chi connectivity index (χ0n) is 12.0. The van der Waals surface area contributed by atoms with Crippen molar-refractivity contribution in [3.05, 3.63) is 34.1 Å². The molecule has 0 aromatic heterocycles. The van der Waals surface area contributed by atoms with E-state index in [0.29, 0.717) is 0 Å². The Morgan fingerprint density at radius 3 is 2.81 bits per heavy atom. The number of anilines is 1. The Balaban J connectivity index is 2.12. The van der Waals surface area contributed by atoms with Crippen molar-refractivity contribution in [2.24, 2.45) is 5.41 Å². The minimum absolute atomic E-state index is 0.193. The van der Waals surface area contributed by atoms with Gasteiger partial charge in [-0.1, -0.05) is 13.8 Å². The fraction of sp³-hybridized carbons (Fsp3) is 0.500. The number of nitro groups is 1. The van der Waals surface area contributed by atoms with E-state index in [1.165, 1.54) is 6.07 Å². The molecular formula is C14H18FN3O3. The number of nitro benzene ring substituents is 1. The maximum absolute atomic E-state index is 13.5. The van der Waals surface area contributed by atoms with Crippen LogP contribution in [0.15, 0.2) is 18.2 Å². The Morgan fingerprint density at radius 2 is 2.24 bits per heavy atom. The number of carbonyl (C=O) groups is 1. The van der Waals surface area contributed by atoms with Crippen LogP contribution in [0.3, 0.4) is 0 Å². The van der Waals surface area contributed by atoms with Crippen LogP contribution in [0.2, 0.25) is 0 Å². The van der Waals surface area contributed by atoms with Crippen LogP contribution in [0, 0.1) is 21.3 Å². The molecule has 1 unspecified atom stereocenters. The lowest BCUT2D eigenvalue weighted by Gasteiger charge is -2.38. The fourth-order valence-corrected chi connectivity index (χ4v) is 2.61. The van der Waals surface area contributed by atoms with Crippen molar-refractivity contribution < 1.29 is 14.1 Å². The predicted molar refractivity (Wildman–Crippen MR) is 76.5 cm³/mol. The molecule has 114 valence electrons. The maximum atomic E-state index is 13.5. The zero-order chi connectivity index (χ0) is 15.6. The Hall–Kier alpha value is -2.02. The van der Waals surface area contributed by atoms with Crippen molar-refractivity contribution in [1.82, 2.24) is 5.32 Å². The van der Waals surface area contributed by atoms with Crippen LogP contribution in [-0.2, 0) is 4.79 Å². The van der Waals surface area contributed by atoms with Gasteiger partial charge in [-0.3, -0.25) is 14.9 Å². The number of piperidine rings is 1. The standard InChI is InChI=1S/C14H18FN3O3/c1-14(2)6-3-7-16-12(14)13(19)17-9-4-5-11(18(20)21)10(15)8-9/h4-5,8,12,16H,3,6-7H2,1-2H3,(H,17,19). The second kappa shape index (κ2) is 5.77. The van der Waals surface area contributed by atoms with Crippen molar-refractivity contribution in [2.45, 2.75) is 32.7 Å². The second-order valence-electron chi connectivity index (χ2n) is 5.89. The lowest BCUT2D eigenvalue weighted by Crippen LogP contribution is -2.53. The Labute approximate surface area is 121 Å². The number of amides is 1. The average Bonchev–Trinajstić information content (AvgIpc) is 2.37. The fourth-order valence-electron chi connectivity index (χ4n) is 2.61. The molecule has 1 fully saturated rings. The minimum atomic E-state index is -0.964. The third-order valence-electron chi connectivity index (χ3n) is 3.80. The first-order chi connectivity index (χ1) is 9.81. The minimum Gasteiger partial charge on any atom is -0.325 e. The van der Waals surface area contributed by atoms with Gasteiger partial charge in [-0.25, -0.2) is 0 Å². The summed E-state index contributed by atoms with van der Waals surface area (Å²) in [5, 5.41) is 16.3. The number of nitrogens with zero attached hydrogens (tertiary/aromatic N) is 1. The van der Waals surface area contributed by atoms with Gasteiger partial charge in [0.1, 0.15) is 0 Å². The third kappa shape index (κ3) is 3.36. The van der Waals surface area contributed by atoms with Gasteiger partial charge in [-0.2, -0.15) is 4.39 Å². The van der Waals surface area contributed by atoms with E-state index in [9.17, 15) is 19.3 Å². The van der Waals surface area contributed by atoms with Crippen LogP contribution in [0.25, 0.3) is 0 Å². The predicted octanol–water partition coefficient (Wildman–Crippen LogP) is 2.45. The van der Waals surface area contributed by atoms with E-state index in [4.69, 9.17) is 0 Å². The van der Waals surface area contributed by atoms with Gasteiger partial charge in [0.05, 0.1) is 11.0 Å². The summed E-state index contributed by atoms with van der Waals surface area (Å²) in [7, 11) is 0. The van der Waals surface area contributed by atoms with E-state index < -0.39 is 16.4 Å². The van der Waals surface area contributed by atoms with Gasteiger partial charge in [-0.05, 0) is 30.9 Å². The zero-order valence-corrected chi connectivity index (χ0v) is 12.0. The van der Waals surface area contributed by atoms with Crippen molar-refractivity contribution in [1.29, 1.82) is 0 Å². The molecule has 0 radical (unpaired) electrons. The van der Waals surface area contributed by atoms with Crippen LogP contribution in [-0.4, -0.2) is 23.4 Å². The highest BCUT2D eigenvalue weighted by Gasteiger charge is 2.37. The molecule has 1 aliphatic rings. The van der Waals surface area contributed by atoms with E-state index in [1.807, 2.05) is 13.8 Å². The van der Waals surface area contributed by atoms with Crippen LogP contribution in [0.5, 0.6) is 0 Å². The summed E-state index contributed by atoms with van der Waals surface area (Å²) in [6.45, 7) is 4.76. The molecule has 1 saturated heterocycles. The Bertz CT molecular complexity index is 575. The van der Waals surface area contributed by atoms with Gasteiger partial charge in [-0.15, -0.1) is 0 Å². The van der Waals surface area contributed by atoms with Crippen molar-refractivity contribution in [3.63, 3.8) is 0 Å². The topological polar surface area (TPSA) is 84.3 Å². The van der Waals surface area contributed by atoms with Crippen LogP contribution >= 0.6 is 0 Å². The first-order valence-corrected chi connectivity index (χ1v) is 6.79. The van der Waals surface area contributed by atoms with E-state index in [0.717, 1.165) is 31.5 Å². The van der Waals surface area contributed by atoms with E-state index >= 15 is 0 Å². The molecule has 0 bridgehead atoms. The first kappa shape index (κ1) is 15.4. The smallest absolute Gasteiger partial charge is 0.304 e. The summed E-state index contributed by atoms with van der Waals surface area (Å²) in [6, 6.07) is 2.97. The molecule has 1 aromatic carbocycles. The van der Waals surface area contributed by atoms with E-state index in [-0.39, 0.29) is 23.1 Å². The van der Waals surface area contributed by atoms with Crippen molar-refractivity contribution >= 4 is 17.3 Å². The average molecular weight is 295 g/mol. The molecule has 1 heterocycles. The number of hydrogen-bond donors (Lipinski definition) is 2. The molecule has 0 spiro atoms. The molecule has 7 heteroatoms. The maximum Gasteiger partial charge on any atom is 0.304 e. The lowest BCUT2D eigenvalue weighted by atomic mass is 9.77. The molecular weight excluding hydrogens is 277 g/mol. The van der Waals surface area contributed by atoms with E-state index in [1.54, 1.807) is 0 Å². The molecule has 1 atom stereocenters. The Kier molecular flexibility index (Phi) is 4.22. The van der Waals surface area contributed by atoms with Gasteiger partial charge in [0.2, 0.25) is 11.7 Å². The molecule has 1 aromatic rings. The van der Waals surface area contributed by atoms with Crippen LogP contribution in [0.1, 0.15) is 26.7 Å². The summed E-state index contributed by atoms with van der Waals surface area (Å²) in [6.07, 6.45) is 1.93. The molecule has 0 aliphatic carbocycles. The van der Waals surface area contributed by atoms with Gasteiger partial charge in [0.25, 0.3) is 0 Å². The largest absolute Gasteiger partial charge is 0.325 e. The number of nitrogens with one attached hydrogen (secondary N) is 2. The third-order valence-corrected chi connectivity index (χ3v) is 3.80. The molecule has 2 N–H and O–H groups in total. The Morgan fingerprint density at radius 1 is 1.52 bits per heavy atom. The summed E-state index contributed by atoms with van der Waals surface area (Å²) in [5.74, 6) is -1.22. The first-order valence-electron chi connectivity index (χ1n) is 6.79. The van der Waals surface area contributed by atoms with Gasteiger partial charge >= 0.3 is 5.69 Å². The SMILES string of the molecule is CC1(C)CCCNC1C(=O)Nc1ccc([N+](=O)[O-])c(F)c1. The molecule has 21 heavy (non-hydrogen) atoms. The molecule has 1 aliphatic heterocycles. The number of benzene rings is 1. The number of carbonyl (C=O) groups excluding carboxylic acids is 1. The molecule has 1 amide bonds. The summed E-state index contributed by atoms with van der Waals surface area (Å²) >= 11 is 0. The quantitative estimate of drug-likeness (QED) is 0.662. The number of hydrogen-bond acceptors (Lipinski definition) is 4. The molecule has 2 rings (SSSR count). The number of halogens is 1. The monoisotopic (exact) mass is 295 g/mol. The highest BCUT2D eigenvalue weighted by Crippen LogP contribution is 2.31. The van der Waals surface area contributed by atoms with Gasteiger partial charge in [0.15, 0.2) is 0 Å². The van der Waals surface area contributed by atoms with Crippen molar-refractivity contribution in [2.75, 3.05) is 11.9 Å². The summed E-state index contributed by atoms with van der Waals surface area (Å²) in [4.78, 5) is 22.0. The van der Waals surface area contributed by atoms with Crippen LogP contribution in [0.4, 0.5) is 15.8 Å². The van der Waals surface area contributed by atoms with Crippen LogP contribution < -0.4 is 10.6 Å². The van der Waals surface area contributed by atoms with E-state index in [2.05, 4.69) is 10.6 Å². The van der Waals surface area contributed by atoms with Crippen molar-refractivity contribution in [3.8, 4) is 0 Å². The van der Waals surface area contributed by atoms with Gasteiger partial charge < -0.3 is 10.6 Å². The van der Waals surface area contributed by atoms with Gasteiger partial charge in [0, 0.05) is 17.8 Å².